The van der Waals surface area contributed by atoms with Gasteiger partial charge in [0.05, 0.1) is 12.7 Å². The van der Waals surface area contributed by atoms with Gasteiger partial charge in [-0.05, 0) is 24.9 Å². The summed E-state index contributed by atoms with van der Waals surface area (Å²) in [6.45, 7) is 7.89. The van der Waals surface area contributed by atoms with Crippen LogP contribution in [0, 0.1) is 5.92 Å². The van der Waals surface area contributed by atoms with Gasteiger partial charge in [0.25, 0.3) is 0 Å². The zero-order valence-corrected chi connectivity index (χ0v) is 17.1. The zero-order valence-electron chi connectivity index (χ0n) is 17.1. The van der Waals surface area contributed by atoms with Crippen LogP contribution in [0.5, 0.6) is 0 Å². The van der Waals surface area contributed by atoms with Gasteiger partial charge in [0.2, 0.25) is 5.91 Å². The molecule has 0 spiro atoms. The van der Waals surface area contributed by atoms with Crippen molar-refractivity contribution in [3.05, 3.63) is 35.9 Å². The summed E-state index contributed by atoms with van der Waals surface area (Å²) in [7, 11) is 0. The quantitative estimate of drug-likeness (QED) is 0.796. The number of aliphatic carboxylic acids is 1. The molecule has 1 amide bonds. The fourth-order valence-corrected chi connectivity index (χ4v) is 3.69. The van der Waals surface area contributed by atoms with Crippen LogP contribution in [-0.4, -0.2) is 78.4 Å². The van der Waals surface area contributed by atoms with Crippen molar-refractivity contribution < 1.29 is 32.6 Å². The van der Waals surface area contributed by atoms with Gasteiger partial charge in [0.1, 0.15) is 0 Å². The van der Waals surface area contributed by atoms with E-state index < -0.39 is 12.1 Å². The molecular formula is C21H29F3N2O4. The number of carboxylic acid groups (broad SMARTS) is 1. The van der Waals surface area contributed by atoms with Crippen molar-refractivity contribution >= 4 is 11.9 Å². The van der Waals surface area contributed by atoms with Crippen molar-refractivity contribution in [2.75, 3.05) is 39.3 Å². The number of carbonyl (C=O) groups excluding carboxylic acids is 1. The molecule has 2 saturated heterocycles. The maximum atomic E-state index is 12.5. The molecule has 0 unspecified atom stereocenters. The number of amides is 1. The largest absolute Gasteiger partial charge is 0.490 e. The first-order valence-electron chi connectivity index (χ1n) is 10.2. The van der Waals surface area contributed by atoms with Gasteiger partial charge in [-0.3, -0.25) is 4.79 Å². The van der Waals surface area contributed by atoms with Crippen LogP contribution >= 0.6 is 0 Å². The van der Waals surface area contributed by atoms with Gasteiger partial charge in [-0.2, -0.15) is 13.2 Å². The van der Waals surface area contributed by atoms with Crippen LogP contribution in [0.15, 0.2) is 30.3 Å². The Morgan fingerprint density at radius 3 is 2.43 bits per heavy atom. The maximum absolute atomic E-state index is 12.5. The molecule has 2 heterocycles. The number of rotatable bonds is 4. The Balaban J connectivity index is 0.000000396. The average molecular weight is 430 g/mol. The molecule has 0 bridgehead atoms. The van der Waals surface area contributed by atoms with Gasteiger partial charge in [0, 0.05) is 38.5 Å². The van der Waals surface area contributed by atoms with Gasteiger partial charge >= 0.3 is 12.1 Å². The van der Waals surface area contributed by atoms with Crippen molar-refractivity contribution in [2.24, 2.45) is 5.92 Å². The molecule has 1 aromatic rings. The highest BCUT2D eigenvalue weighted by Gasteiger charge is 2.38. The zero-order chi connectivity index (χ0) is 22.1. The van der Waals surface area contributed by atoms with Crippen molar-refractivity contribution in [2.45, 2.75) is 38.5 Å². The third-order valence-corrected chi connectivity index (χ3v) is 5.44. The molecule has 0 aromatic heterocycles. The van der Waals surface area contributed by atoms with Gasteiger partial charge < -0.3 is 19.6 Å². The summed E-state index contributed by atoms with van der Waals surface area (Å²) in [5.74, 6) is -1.91. The molecule has 2 fully saturated rings. The van der Waals surface area contributed by atoms with Crippen LogP contribution in [0.25, 0.3) is 0 Å². The highest BCUT2D eigenvalue weighted by molar-refractivity contribution is 5.76. The van der Waals surface area contributed by atoms with E-state index in [1.165, 1.54) is 5.56 Å². The molecule has 2 aliphatic heterocycles. The molecule has 0 aliphatic carbocycles. The number of halogens is 3. The number of fused-ring (bicyclic) bond motifs is 1. The predicted molar refractivity (Wildman–Crippen MR) is 105 cm³/mol. The van der Waals surface area contributed by atoms with E-state index in [1.807, 2.05) is 23.1 Å². The van der Waals surface area contributed by atoms with Crippen molar-refractivity contribution in [3.63, 3.8) is 0 Å². The third kappa shape index (κ3) is 7.60. The monoisotopic (exact) mass is 430 g/mol. The molecule has 2 aliphatic rings. The van der Waals surface area contributed by atoms with E-state index in [0.717, 1.165) is 52.2 Å². The minimum atomic E-state index is -5.08. The first kappa shape index (κ1) is 24.1. The Labute approximate surface area is 174 Å². The Kier molecular flexibility index (Phi) is 9.10. The molecule has 0 radical (unpaired) electrons. The van der Waals surface area contributed by atoms with Gasteiger partial charge in [-0.25, -0.2) is 4.79 Å². The highest BCUT2D eigenvalue weighted by Crippen LogP contribution is 2.24. The van der Waals surface area contributed by atoms with E-state index in [4.69, 9.17) is 14.6 Å². The van der Waals surface area contributed by atoms with Crippen LogP contribution in [-0.2, 0) is 20.7 Å². The molecule has 168 valence electrons. The number of nitrogens with zero attached hydrogens (tertiary/aromatic N) is 2. The van der Waals surface area contributed by atoms with E-state index in [9.17, 15) is 18.0 Å². The lowest BCUT2D eigenvalue weighted by Crippen LogP contribution is -2.49. The lowest BCUT2D eigenvalue weighted by Gasteiger charge is -2.38. The predicted octanol–water partition coefficient (Wildman–Crippen LogP) is 2.82. The number of hydrogen-bond donors (Lipinski definition) is 1. The molecule has 30 heavy (non-hydrogen) atoms. The summed E-state index contributed by atoms with van der Waals surface area (Å²) < 4.78 is 37.8. The van der Waals surface area contributed by atoms with Crippen LogP contribution in [0.2, 0.25) is 0 Å². The standard InChI is InChI=1S/C19H28N2O2.C2HF3O2/c1-2-20-12-13-23-18-15-21(11-10-17(18)14-20)19(22)9-8-16-6-4-3-5-7-16;3-2(4,5)1(6)7/h3-7,17-18H,2,8-15H2,1H3;(H,6,7)/t17-,18-;/m1./s1. The second kappa shape index (κ2) is 11.3. The van der Waals surface area contributed by atoms with E-state index in [0.29, 0.717) is 12.3 Å². The number of benzene rings is 1. The summed E-state index contributed by atoms with van der Waals surface area (Å²) in [5.41, 5.74) is 1.24. The molecule has 3 rings (SSSR count). The number of likely N-dealkylation sites (tertiary alicyclic amines) is 1. The minimum absolute atomic E-state index is 0.223. The summed E-state index contributed by atoms with van der Waals surface area (Å²) in [5, 5.41) is 7.12. The number of piperidine rings is 1. The van der Waals surface area contributed by atoms with Crippen LogP contribution in [0.1, 0.15) is 25.3 Å². The first-order chi connectivity index (χ1) is 14.2. The lowest BCUT2D eigenvalue weighted by atomic mass is 9.93. The molecule has 0 saturated carbocycles. The van der Waals surface area contributed by atoms with Crippen molar-refractivity contribution in [3.8, 4) is 0 Å². The van der Waals surface area contributed by atoms with Crippen molar-refractivity contribution in [1.29, 1.82) is 0 Å². The summed E-state index contributed by atoms with van der Waals surface area (Å²) >= 11 is 0. The Bertz CT molecular complexity index is 685. The van der Waals surface area contributed by atoms with Crippen LogP contribution in [0.4, 0.5) is 13.2 Å². The molecule has 1 aromatic carbocycles. The van der Waals surface area contributed by atoms with Gasteiger partial charge in [-0.1, -0.05) is 37.3 Å². The SMILES string of the molecule is CCN1CCO[C@@H]2CN(C(=O)CCc3ccccc3)CC[C@@H]2C1.O=C(O)C(F)(F)F. The third-order valence-electron chi connectivity index (χ3n) is 5.44. The Morgan fingerprint density at radius 1 is 1.17 bits per heavy atom. The number of likely N-dealkylation sites (N-methyl/N-ethyl adjacent to an activating group) is 1. The topological polar surface area (TPSA) is 70.1 Å². The highest BCUT2D eigenvalue weighted by atomic mass is 19.4. The van der Waals surface area contributed by atoms with E-state index in [2.05, 4.69) is 24.0 Å². The molecule has 2 atom stereocenters. The first-order valence-corrected chi connectivity index (χ1v) is 10.2. The summed E-state index contributed by atoms with van der Waals surface area (Å²) in [4.78, 5) is 25.9. The second-order valence-corrected chi connectivity index (χ2v) is 7.48. The number of alkyl halides is 3. The number of ether oxygens (including phenoxy) is 1. The van der Waals surface area contributed by atoms with Crippen LogP contribution < -0.4 is 0 Å². The average Bonchev–Trinajstić information content (AvgIpc) is 2.93. The van der Waals surface area contributed by atoms with Gasteiger partial charge in [-0.15, -0.1) is 0 Å². The van der Waals surface area contributed by atoms with Crippen LogP contribution in [0.3, 0.4) is 0 Å². The number of carboxylic acids is 1. The summed E-state index contributed by atoms with van der Waals surface area (Å²) in [6.07, 6.45) is -2.36. The molecule has 1 N–H and O–H groups in total. The Hall–Kier alpha value is -2.13. The fourth-order valence-electron chi connectivity index (χ4n) is 3.69. The van der Waals surface area contributed by atoms with Gasteiger partial charge in [0.15, 0.2) is 0 Å². The Morgan fingerprint density at radius 2 is 1.83 bits per heavy atom. The van der Waals surface area contributed by atoms with E-state index >= 15 is 0 Å². The van der Waals surface area contributed by atoms with E-state index in [-0.39, 0.29) is 12.0 Å². The normalized spacial score (nSPS) is 22.3. The lowest BCUT2D eigenvalue weighted by molar-refractivity contribution is -0.192. The minimum Gasteiger partial charge on any atom is -0.475 e. The molecule has 6 nitrogen and oxygen atoms in total. The number of aryl methyl sites for hydroxylation is 1. The maximum Gasteiger partial charge on any atom is 0.490 e. The number of carbonyl (C=O) groups is 2. The second-order valence-electron chi connectivity index (χ2n) is 7.48. The van der Waals surface area contributed by atoms with E-state index in [1.54, 1.807) is 0 Å². The summed E-state index contributed by atoms with van der Waals surface area (Å²) in [6, 6.07) is 10.3. The number of hydrogen-bond acceptors (Lipinski definition) is 4. The molecule has 9 heteroatoms. The molecular weight excluding hydrogens is 401 g/mol. The smallest absolute Gasteiger partial charge is 0.475 e. The van der Waals surface area contributed by atoms with Crippen molar-refractivity contribution in [1.82, 2.24) is 9.80 Å². The fraction of sp³-hybridized carbons (Fsp3) is 0.619.